The highest BCUT2D eigenvalue weighted by atomic mass is 15.2. The molecule has 0 atom stereocenters. The predicted octanol–water partition coefficient (Wildman–Crippen LogP) is 2.13. The fraction of sp³-hybridized carbons (Fsp3) is 0.714. The largest absolute Gasteiger partial charge is 0.344 e. The second-order valence-electron chi connectivity index (χ2n) is 5.64. The van der Waals surface area contributed by atoms with Crippen LogP contribution in [0, 0.1) is 12.8 Å². The lowest BCUT2D eigenvalue weighted by Crippen LogP contribution is -2.25. The maximum absolute atomic E-state index is 4.61. The molecule has 0 aliphatic heterocycles. The molecule has 100 valence electrons. The molecule has 1 N–H and O–H groups in total. The van der Waals surface area contributed by atoms with Crippen LogP contribution in [0.2, 0.25) is 0 Å². The van der Waals surface area contributed by atoms with Gasteiger partial charge in [-0.25, -0.2) is 9.97 Å². The first kappa shape index (κ1) is 13.3. The summed E-state index contributed by atoms with van der Waals surface area (Å²) in [4.78, 5) is 11.3. The van der Waals surface area contributed by atoms with E-state index in [9.17, 15) is 0 Å². The molecule has 1 aromatic heterocycles. The van der Waals surface area contributed by atoms with Crippen LogP contribution in [-0.2, 0) is 6.54 Å². The summed E-state index contributed by atoms with van der Waals surface area (Å²) in [6.45, 7) is 8.29. The molecule has 1 aliphatic carbocycles. The molecule has 0 unspecified atom stereocenters. The van der Waals surface area contributed by atoms with Crippen molar-refractivity contribution in [3.63, 3.8) is 0 Å². The van der Waals surface area contributed by atoms with Gasteiger partial charge in [-0.05, 0) is 25.7 Å². The van der Waals surface area contributed by atoms with Gasteiger partial charge in [0.15, 0.2) is 0 Å². The average molecular weight is 248 g/mol. The van der Waals surface area contributed by atoms with Gasteiger partial charge in [-0.15, -0.1) is 0 Å². The second kappa shape index (κ2) is 5.65. The second-order valence-corrected chi connectivity index (χ2v) is 5.64. The molecule has 18 heavy (non-hydrogen) atoms. The van der Waals surface area contributed by atoms with Crippen molar-refractivity contribution in [1.82, 2.24) is 15.3 Å². The molecule has 0 radical (unpaired) electrons. The summed E-state index contributed by atoms with van der Waals surface area (Å²) in [5, 5.41) is 3.40. The lowest BCUT2D eigenvalue weighted by Gasteiger charge is -2.18. The van der Waals surface area contributed by atoms with Gasteiger partial charge in [-0.1, -0.05) is 13.8 Å². The minimum Gasteiger partial charge on any atom is -0.344 e. The lowest BCUT2D eigenvalue weighted by atomic mass is 10.2. The monoisotopic (exact) mass is 248 g/mol. The molecule has 1 aliphatic rings. The summed E-state index contributed by atoms with van der Waals surface area (Å²) in [7, 11) is 2.08. The number of hydrogen-bond donors (Lipinski definition) is 1. The fourth-order valence-electron chi connectivity index (χ4n) is 1.92. The van der Waals surface area contributed by atoms with Gasteiger partial charge >= 0.3 is 0 Å². The number of aromatic nitrogens is 2. The molecule has 0 amide bonds. The van der Waals surface area contributed by atoms with E-state index in [1.165, 1.54) is 18.4 Å². The highest BCUT2D eigenvalue weighted by molar-refractivity contribution is 5.32. The topological polar surface area (TPSA) is 41.1 Å². The first-order valence-corrected chi connectivity index (χ1v) is 6.83. The van der Waals surface area contributed by atoms with Crippen molar-refractivity contribution < 1.29 is 0 Å². The number of rotatable bonds is 6. The Balaban J connectivity index is 1.98. The zero-order valence-corrected chi connectivity index (χ0v) is 11.9. The summed E-state index contributed by atoms with van der Waals surface area (Å²) >= 11 is 0. The Morgan fingerprint density at radius 1 is 1.44 bits per heavy atom. The Morgan fingerprint density at radius 3 is 2.72 bits per heavy atom. The van der Waals surface area contributed by atoms with Crippen molar-refractivity contribution in [2.75, 3.05) is 18.5 Å². The molecule has 1 aromatic rings. The maximum Gasteiger partial charge on any atom is 0.225 e. The van der Waals surface area contributed by atoms with Gasteiger partial charge in [0, 0.05) is 43.6 Å². The van der Waals surface area contributed by atoms with Crippen LogP contribution >= 0.6 is 0 Å². The molecule has 0 saturated heterocycles. The molecular weight excluding hydrogens is 224 g/mol. The van der Waals surface area contributed by atoms with E-state index in [0.29, 0.717) is 6.04 Å². The van der Waals surface area contributed by atoms with Crippen LogP contribution in [0.1, 0.15) is 37.9 Å². The highest BCUT2D eigenvalue weighted by Gasteiger charge is 2.23. The van der Waals surface area contributed by atoms with Crippen LogP contribution in [0.4, 0.5) is 5.95 Å². The molecule has 4 nitrogen and oxygen atoms in total. The van der Waals surface area contributed by atoms with Gasteiger partial charge in [0.25, 0.3) is 0 Å². The van der Waals surface area contributed by atoms with Crippen molar-refractivity contribution in [3.05, 3.63) is 17.5 Å². The zero-order chi connectivity index (χ0) is 13.1. The van der Waals surface area contributed by atoms with Gasteiger partial charge in [-0.2, -0.15) is 0 Å². The quantitative estimate of drug-likeness (QED) is 0.837. The average Bonchev–Trinajstić information content (AvgIpc) is 3.11. The Hall–Kier alpha value is -1.16. The Morgan fingerprint density at radius 2 is 2.17 bits per heavy atom. The normalized spacial score (nSPS) is 15.2. The van der Waals surface area contributed by atoms with Crippen LogP contribution < -0.4 is 10.2 Å². The zero-order valence-electron chi connectivity index (χ0n) is 11.9. The van der Waals surface area contributed by atoms with Crippen LogP contribution in [0.5, 0.6) is 0 Å². The SMILES string of the molecule is Cc1nc(N(C)CC2CC2)ncc1CNC(C)C. The third kappa shape index (κ3) is 3.67. The van der Waals surface area contributed by atoms with E-state index in [4.69, 9.17) is 0 Å². The van der Waals surface area contributed by atoms with E-state index >= 15 is 0 Å². The lowest BCUT2D eigenvalue weighted by molar-refractivity contribution is 0.584. The van der Waals surface area contributed by atoms with Crippen LogP contribution in [-0.4, -0.2) is 29.6 Å². The van der Waals surface area contributed by atoms with Crippen molar-refractivity contribution >= 4 is 5.95 Å². The summed E-state index contributed by atoms with van der Waals surface area (Å²) in [5.74, 6) is 1.72. The highest BCUT2D eigenvalue weighted by Crippen LogP contribution is 2.30. The van der Waals surface area contributed by atoms with Gasteiger partial charge in [0.1, 0.15) is 0 Å². The number of hydrogen-bond acceptors (Lipinski definition) is 4. The minimum absolute atomic E-state index is 0.488. The van der Waals surface area contributed by atoms with E-state index < -0.39 is 0 Å². The molecule has 2 rings (SSSR count). The van der Waals surface area contributed by atoms with Crippen LogP contribution in [0.25, 0.3) is 0 Å². The standard InChI is InChI=1S/C14H24N4/c1-10(2)15-7-13-8-16-14(17-11(13)3)18(4)9-12-5-6-12/h8,10,12,15H,5-7,9H2,1-4H3. The molecule has 0 spiro atoms. The maximum atomic E-state index is 4.61. The van der Waals surface area contributed by atoms with Gasteiger partial charge < -0.3 is 10.2 Å². The summed E-state index contributed by atoms with van der Waals surface area (Å²) in [5.41, 5.74) is 2.27. The third-order valence-electron chi connectivity index (χ3n) is 3.34. The molecule has 1 heterocycles. The van der Waals surface area contributed by atoms with E-state index in [-0.39, 0.29) is 0 Å². The summed E-state index contributed by atoms with van der Waals surface area (Å²) in [6.07, 6.45) is 4.68. The van der Waals surface area contributed by atoms with E-state index in [2.05, 4.69) is 48.0 Å². The van der Waals surface area contributed by atoms with Gasteiger partial charge in [-0.3, -0.25) is 0 Å². The molecule has 4 heteroatoms. The molecular formula is C14H24N4. The van der Waals surface area contributed by atoms with E-state index in [1.807, 2.05) is 6.20 Å². The number of anilines is 1. The first-order chi connectivity index (χ1) is 8.56. The van der Waals surface area contributed by atoms with E-state index in [1.54, 1.807) is 0 Å². The van der Waals surface area contributed by atoms with Crippen molar-refractivity contribution in [3.8, 4) is 0 Å². The third-order valence-corrected chi connectivity index (χ3v) is 3.34. The first-order valence-electron chi connectivity index (χ1n) is 6.83. The fourth-order valence-corrected chi connectivity index (χ4v) is 1.92. The predicted molar refractivity (Wildman–Crippen MR) is 74.7 cm³/mol. The minimum atomic E-state index is 0.488. The Labute approximate surface area is 110 Å². The van der Waals surface area contributed by atoms with Gasteiger partial charge in [0.2, 0.25) is 5.95 Å². The molecule has 1 saturated carbocycles. The Bertz CT molecular complexity index is 399. The smallest absolute Gasteiger partial charge is 0.225 e. The number of nitrogens with zero attached hydrogens (tertiary/aromatic N) is 3. The summed E-state index contributed by atoms with van der Waals surface area (Å²) in [6, 6.07) is 0.488. The van der Waals surface area contributed by atoms with Crippen LogP contribution in [0.15, 0.2) is 6.20 Å². The summed E-state index contributed by atoms with van der Waals surface area (Å²) < 4.78 is 0. The Kier molecular flexibility index (Phi) is 4.17. The molecule has 1 fully saturated rings. The van der Waals surface area contributed by atoms with Crippen molar-refractivity contribution in [2.45, 2.75) is 46.2 Å². The van der Waals surface area contributed by atoms with Crippen molar-refractivity contribution in [1.29, 1.82) is 0 Å². The number of aryl methyl sites for hydroxylation is 1. The van der Waals surface area contributed by atoms with E-state index in [0.717, 1.165) is 30.6 Å². The van der Waals surface area contributed by atoms with Gasteiger partial charge in [0.05, 0.1) is 0 Å². The molecule has 0 bridgehead atoms. The number of nitrogens with one attached hydrogen (secondary N) is 1. The van der Waals surface area contributed by atoms with Crippen LogP contribution in [0.3, 0.4) is 0 Å². The molecule has 0 aromatic carbocycles. The van der Waals surface area contributed by atoms with Crippen molar-refractivity contribution in [2.24, 2.45) is 5.92 Å².